The van der Waals surface area contributed by atoms with Gasteiger partial charge in [-0.3, -0.25) is 9.89 Å². The summed E-state index contributed by atoms with van der Waals surface area (Å²) in [6.45, 7) is 2.92. The Morgan fingerprint density at radius 2 is 2.21 bits per heavy atom. The number of aryl methyl sites for hydroxylation is 1. The Bertz CT molecular complexity index is 609. The normalized spacial score (nSPS) is 24.8. The van der Waals surface area contributed by atoms with Gasteiger partial charge in [0.25, 0.3) is 0 Å². The van der Waals surface area contributed by atoms with Crippen LogP contribution in [0.5, 0.6) is 0 Å². The van der Waals surface area contributed by atoms with Crippen molar-refractivity contribution in [3.8, 4) is 0 Å². The lowest BCUT2D eigenvalue weighted by Gasteiger charge is -2.36. The molecule has 0 aromatic carbocycles. The van der Waals surface area contributed by atoms with E-state index in [4.69, 9.17) is 0 Å². The summed E-state index contributed by atoms with van der Waals surface area (Å²) in [6.07, 6.45) is 2.62. The van der Waals surface area contributed by atoms with Gasteiger partial charge in [0.2, 0.25) is 15.9 Å². The fraction of sp³-hybridized carbons (Fsp3) is 0.636. The molecular formula is C11H16N4O3S. The zero-order valence-corrected chi connectivity index (χ0v) is 11.5. The van der Waals surface area contributed by atoms with Crippen LogP contribution in [0.4, 0.5) is 0 Å². The molecule has 2 aliphatic rings. The number of amides is 1. The SMILES string of the molecule is Cc1[nH]ncc1S(=O)(=O)N1CCN2C(=O)CCC2C1. The number of piperazine rings is 1. The molecule has 19 heavy (non-hydrogen) atoms. The number of sulfonamides is 1. The summed E-state index contributed by atoms with van der Waals surface area (Å²) in [4.78, 5) is 13.6. The van der Waals surface area contributed by atoms with Crippen LogP contribution in [0.25, 0.3) is 0 Å². The van der Waals surface area contributed by atoms with Crippen LogP contribution >= 0.6 is 0 Å². The zero-order chi connectivity index (χ0) is 13.6. The molecule has 7 nitrogen and oxygen atoms in total. The molecule has 0 radical (unpaired) electrons. The van der Waals surface area contributed by atoms with Crippen molar-refractivity contribution in [3.63, 3.8) is 0 Å². The molecule has 2 saturated heterocycles. The first-order chi connectivity index (χ1) is 9.00. The van der Waals surface area contributed by atoms with Crippen molar-refractivity contribution in [2.24, 2.45) is 0 Å². The Morgan fingerprint density at radius 1 is 1.42 bits per heavy atom. The van der Waals surface area contributed by atoms with Crippen LogP contribution in [-0.4, -0.2) is 59.4 Å². The number of nitrogens with zero attached hydrogens (tertiary/aromatic N) is 3. The van der Waals surface area contributed by atoms with E-state index in [0.29, 0.717) is 31.7 Å². The van der Waals surface area contributed by atoms with Crippen LogP contribution in [0.3, 0.4) is 0 Å². The molecule has 0 saturated carbocycles. The Kier molecular flexibility index (Phi) is 2.86. The first-order valence-corrected chi connectivity index (χ1v) is 7.74. The molecule has 0 aliphatic carbocycles. The topological polar surface area (TPSA) is 86.4 Å². The maximum atomic E-state index is 12.5. The van der Waals surface area contributed by atoms with Gasteiger partial charge in [-0.2, -0.15) is 9.40 Å². The summed E-state index contributed by atoms with van der Waals surface area (Å²) in [5, 5.41) is 6.41. The van der Waals surface area contributed by atoms with Gasteiger partial charge in [-0.25, -0.2) is 8.42 Å². The molecule has 0 spiro atoms. The predicted molar refractivity (Wildman–Crippen MR) is 66.8 cm³/mol. The molecule has 3 rings (SSSR count). The summed E-state index contributed by atoms with van der Waals surface area (Å²) in [7, 11) is -3.50. The van der Waals surface area contributed by atoms with E-state index in [9.17, 15) is 13.2 Å². The molecule has 1 N–H and O–H groups in total. The van der Waals surface area contributed by atoms with Gasteiger partial charge in [0, 0.05) is 32.1 Å². The standard InChI is InChI=1S/C11H16N4O3S/c1-8-10(6-12-13-8)19(17,18)14-4-5-15-9(7-14)2-3-11(15)16/h6,9H,2-5,7H2,1H3,(H,12,13). The van der Waals surface area contributed by atoms with Gasteiger partial charge in [-0.1, -0.05) is 0 Å². The minimum Gasteiger partial charge on any atom is -0.337 e. The number of hydrogen-bond donors (Lipinski definition) is 1. The number of aromatic amines is 1. The Morgan fingerprint density at radius 3 is 2.89 bits per heavy atom. The molecule has 8 heteroatoms. The minimum atomic E-state index is -3.50. The van der Waals surface area contributed by atoms with Gasteiger partial charge >= 0.3 is 0 Å². The number of nitrogens with one attached hydrogen (secondary N) is 1. The summed E-state index contributed by atoms with van der Waals surface area (Å²) in [5.74, 6) is 0.140. The average molecular weight is 284 g/mol. The molecule has 1 aromatic rings. The van der Waals surface area contributed by atoms with Crippen molar-refractivity contribution >= 4 is 15.9 Å². The quantitative estimate of drug-likeness (QED) is 0.809. The van der Waals surface area contributed by atoms with Gasteiger partial charge in [-0.05, 0) is 13.3 Å². The van der Waals surface area contributed by atoms with Crippen LogP contribution in [-0.2, 0) is 14.8 Å². The largest absolute Gasteiger partial charge is 0.337 e. The highest BCUT2D eigenvalue weighted by Crippen LogP contribution is 2.27. The average Bonchev–Trinajstić information content (AvgIpc) is 2.96. The molecule has 0 bridgehead atoms. The number of fused-ring (bicyclic) bond motifs is 1. The molecule has 2 aliphatic heterocycles. The summed E-state index contributed by atoms with van der Waals surface area (Å²) in [6, 6.07) is 0.0308. The number of H-pyrrole nitrogens is 1. The maximum Gasteiger partial charge on any atom is 0.246 e. The third kappa shape index (κ3) is 1.95. The second kappa shape index (κ2) is 4.31. The smallest absolute Gasteiger partial charge is 0.246 e. The van der Waals surface area contributed by atoms with Gasteiger partial charge in [0.1, 0.15) is 4.90 Å². The van der Waals surface area contributed by atoms with Gasteiger partial charge < -0.3 is 4.90 Å². The number of carbonyl (C=O) groups is 1. The van der Waals surface area contributed by atoms with E-state index in [0.717, 1.165) is 6.42 Å². The van der Waals surface area contributed by atoms with E-state index < -0.39 is 10.0 Å². The Labute approximate surface area is 111 Å². The molecule has 3 heterocycles. The predicted octanol–water partition coefficient (Wildman–Crippen LogP) is -0.287. The summed E-state index contributed by atoms with van der Waals surface area (Å²) in [5.41, 5.74) is 0.546. The lowest BCUT2D eigenvalue weighted by atomic mass is 10.2. The number of rotatable bonds is 2. The Hall–Kier alpha value is -1.41. The van der Waals surface area contributed by atoms with E-state index in [1.54, 1.807) is 11.8 Å². The monoisotopic (exact) mass is 284 g/mol. The number of aromatic nitrogens is 2. The highest BCUT2D eigenvalue weighted by atomic mass is 32.2. The molecule has 1 unspecified atom stereocenters. The highest BCUT2D eigenvalue weighted by molar-refractivity contribution is 7.89. The fourth-order valence-electron chi connectivity index (χ4n) is 2.79. The first-order valence-electron chi connectivity index (χ1n) is 6.30. The van der Waals surface area contributed by atoms with Gasteiger partial charge in [0.05, 0.1) is 11.9 Å². The van der Waals surface area contributed by atoms with Crippen molar-refractivity contribution in [2.75, 3.05) is 19.6 Å². The van der Waals surface area contributed by atoms with Crippen LogP contribution in [0, 0.1) is 6.92 Å². The number of hydrogen-bond acceptors (Lipinski definition) is 4. The first kappa shape index (κ1) is 12.6. The molecule has 104 valence electrons. The third-order valence-corrected chi connectivity index (χ3v) is 5.84. The van der Waals surface area contributed by atoms with Crippen molar-refractivity contribution in [1.29, 1.82) is 0 Å². The van der Waals surface area contributed by atoms with E-state index in [1.165, 1.54) is 10.5 Å². The highest BCUT2D eigenvalue weighted by Gasteiger charge is 2.40. The van der Waals surface area contributed by atoms with Crippen molar-refractivity contribution < 1.29 is 13.2 Å². The van der Waals surface area contributed by atoms with E-state index in [-0.39, 0.29) is 16.8 Å². The third-order valence-electron chi connectivity index (χ3n) is 3.86. The molecule has 2 fully saturated rings. The van der Waals surface area contributed by atoms with Gasteiger partial charge in [-0.15, -0.1) is 0 Å². The Balaban J connectivity index is 1.85. The number of carbonyl (C=O) groups excluding carboxylic acids is 1. The van der Waals surface area contributed by atoms with Crippen LogP contribution in [0.2, 0.25) is 0 Å². The molecule has 1 aromatic heterocycles. The lowest BCUT2D eigenvalue weighted by molar-refractivity contribution is -0.130. The lowest BCUT2D eigenvalue weighted by Crippen LogP contribution is -2.53. The maximum absolute atomic E-state index is 12.5. The van der Waals surface area contributed by atoms with E-state index >= 15 is 0 Å². The summed E-state index contributed by atoms with van der Waals surface area (Å²) >= 11 is 0. The molecule has 1 atom stereocenters. The van der Waals surface area contributed by atoms with Crippen LogP contribution < -0.4 is 0 Å². The fourth-order valence-corrected chi connectivity index (χ4v) is 4.38. The van der Waals surface area contributed by atoms with Crippen molar-refractivity contribution in [2.45, 2.75) is 30.7 Å². The molecular weight excluding hydrogens is 268 g/mol. The zero-order valence-electron chi connectivity index (χ0n) is 10.7. The van der Waals surface area contributed by atoms with Crippen LogP contribution in [0.1, 0.15) is 18.5 Å². The van der Waals surface area contributed by atoms with Crippen molar-refractivity contribution in [1.82, 2.24) is 19.4 Å². The van der Waals surface area contributed by atoms with E-state index in [2.05, 4.69) is 10.2 Å². The molecule has 1 amide bonds. The second-order valence-electron chi connectivity index (χ2n) is 5.00. The van der Waals surface area contributed by atoms with Gasteiger partial charge in [0.15, 0.2) is 0 Å². The van der Waals surface area contributed by atoms with Crippen molar-refractivity contribution in [3.05, 3.63) is 11.9 Å². The van der Waals surface area contributed by atoms with E-state index in [1.807, 2.05) is 0 Å². The second-order valence-corrected chi connectivity index (χ2v) is 6.91. The van der Waals surface area contributed by atoms with Crippen LogP contribution in [0.15, 0.2) is 11.1 Å². The minimum absolute atomic E-state index is 0.0308. The summed E-state index contributed by atoms with van der Waals surface area (Å²) < 4.78 is 26.5.